The predicted molar refractivity (Wildman–Crippen MR) is 133 cm³/mol. The zero-order chi connectivity index (χ0) is 25.7. The van der Waals surface area contributed by atoms with Crippen LogP contribution >= 0.6 is 0 Å². The average Bonchev–Trinajstić information content (AvgIpc) is 2.88. The molecule has 0 saturated carbocycles. The van der Waals surface area contributed by atoms with E-state index in [1.54, 1.807) is 13.3 Å². The zero-order valence-electron chi connectivity index (χ0n) is 20.6. The van der Waals surface area contributed by atoms with Crippen molar-refractivity contribution >= 4 is 5.78 Å². The normalized spacial score (nSPS) is 20.0. The second-order valence-corrected chi connectivity index (χ2v) is 9.84. The van der Waals surface area contributed by atoms with Crippen LogP contribution < -0.4 is 4.74 Å². The van der Waals surface area contributed by atoms with Crippen molar-refractivity contribution in [2.24, 2.45) is 0 Å². The quantitative estimate of drug-likeness (QED) is 0.425. The van der Waals surface area contributed by atoms with E-state index in [1.807, 2.05) is 17.0 Å². The molecule has 2 heterocycles. The van der Waals surface area contributed by atoms with Crippen molar-refractivity contribution in [1.29, 1.82) is 0 Å². The van der Waals surface area contributed by atoms with Gasteiger partial charge in [-0.1, -0.05) is 12.1 Å². The number of nitrogens with zero attached hydrogens (tertiary/aromatic N) is 2. The Labute approximate surface area is 210 Å². The molecule has 2 saturated heterocycles. The Morgan fingerprint density at radius 2 is 1.69 bits per heavy atom. The van der Waals surface area contributed by atoms with Gasteiger partial charge in [0.2, 0.25) is 0 Å². The number of hydrogen-bond donors (Lipinski definition) is 2. The van der Waals surface area contributed by atoms with Crippen LogP contribution in [0, 0.1) is 11.6 Å². The maximum atomic E-state index is 13.3. The first-order valence-electron chi connectivity index (χ1n) is 12.5. The second kappa shape index (κ2) is 11.5. The molecule has 0 radical (unpaired) electrons. The van der Waals surface area contributed by atoms with Crippen molar-refractivity contribution in [2.75, 3.05) is 39.8 Å². The molecule has 2 aromatic rings. The Morgan fingerprint density at radius 3 is 2.28 bits per heavy atom. The fourth-order valence-electron chi connectivity index (χ4n) is 5.10. The first-order valence-corrected chi connectivity index (χ1v) is 12.5. The molecule has 2 aliphatic heterocycles. The third-order valence-corrected chi connectivity index (χ3v) is 7.47. The molecule has 1 atom stereocenters. The van der Waals surface area contributed by atoms with Gasteiger partial charge in [-0.15, -0.1) is 0 Å². The number of methoxy groups -OCH3 is 1. The SMILES string of the molecule is COc1ccc(C2CCN(CC(O)C3(O)CCN(C=CC(=O)c4cc(F)cc(F)c4)CC3)CC2)cc1. The number of β-amino-alcohol motifs (C(OH)–C–C–N with tert-alkyl or cyclic N) is 1. The molecule has 4 rings (SSSR count). The van der Waals surface area contributed by atoms with Crippen molar-refractivity contribution in [1.82, 2.24) is 9.80 Å². The molecule has 0 aromatic heterocycles. The summed E-state index contributed by atoms with van der Waals surface area (Å²) < 4.78 is 31.9. The first kappa shape index (κ1) is 26.3. The zero-order valence-corrected chi connectivity index (χ0v) is 20.6. The highest BCUT2D eigenvalue weighted by molar-refractivity contribution is 6.04. The van der Waals surface area contributed by atoms with Gasteiger partial charge < -0.3 is 24.7 Å². The summed E-state index contributed by atoms with van der Waals surface area (Å²) in [6, 6.07) is 10.9. The lowest BCUT2D eigenvalue weighted by molar-refractivity contribution is -0.114. The maximum absolute atomic E-state index is 13.3. The van der Waals surface area contributed by atoms with Crippen LogP contribution in [0.25, 0.3) is 0 Å². The van der Waals surface area contributed by atoms with Gasteiger partial charge in [0.15, 0.2) is 5.78 Å². The van der Waals surface area contributed by atoms with E-state index in [0.717, 1.165) is 49.9 Å². The monoisotopic (exact) mass is 500 g/mol. The minimum atomic E-state index is -1.19. The molecule has 36 heavy (non-hydrogen) atoms. The van der Waals surface area contributed by atoms with Crippen LogP contribution in [0.2, 0.25) is 0 Å². The van der Waals surface area contributed by atoms with Gasteiger partial charge in [0.25, 0.3) is 0 Å². The summed E-state index contributed by atoms with van der Waals surface area (Å²) in [6.45, 7) is 3.08. The maximum Gasteiger partial charge on any atom is 0.187 e. The van der Waals surface area contributed by atoms with E-state index in [1.165, 1.54) is 11.6 Å². The number of allylic oxidation sites excluding steroid dienone is 1. The van der Waals surface area contributed by atoms with E-state index in [0.29, 0.717) is 38.4 Å². The summed E-state index contributed by atoms with van der Waals surface area (Å²) in [6.07, 6.45) is 4.73. The Morgan fingerprint density at radius 1 is 1.08 bits per heavy atom. The van der Waals surface area contributed by atoms with E-state index in [4.69, 9.17) is 4.74 Å². The summed E-state index contributed by atoms with van der Waals surface area (Å²) in [7, 11) is 1.66. The van der Waals surface area contributed by atoms with Crippen LogP contribution in [0.4, 0.5) is 8.78 Å². The molecule has 0 amide bonds. The number of carbonyl (C=O) groups is 1. The molecule has 2 N–H and O–H groups in total. The molecule has 2 aromatic carbocycles. The Kier molecular flexibility index (Phi) is 8.39. The number of hydrogen-bond acceptors (Lipinski definition) is 6. The highest BCUT2D eigenvalue weighted by atomic mass is 19.1. The number of rotatable bonds is 8. The fraction of sp³-hybridized carbons (Fsp3) is 0.464. The fourth-order valence-corrected chi connectivity index (χ4v) is 5.10. The van der Waals surface area contributed by atoms with Crippen molar-refractivity contribution in [3.8, 4) is 5.75 Å². The third kappa shape index (κ3) is 6.49. The van der Waals surface area contributed by atoms with Gasteiger partial charge in [0.1, 0.15) is 17.4 Å². The van der Waals surface area contributed by atoms with Gasteiger partial charge in [0.05, 0.1) is 18.8 Å². The number of piperidine rings is 2. The van der Waals surface area contributed by atoms with Crippen LogP contribution in [-0.4, -0.2) is 77.3 Å². The van der Waals surface area contributed by atoms with Gasteiger partial charge in [-0.2, -0.15) is 0 Å². The van der Waals surface area contributed by atoms with E-state index < -0.39 is 29.1 Å². The number of aliphatic hydroxyl groups is 2. The lowest BCUT2D eigenvalue weighted by atomic mass is 9.84. The van der Waals surface area contributed by atoms with Crippen molar-refractivity contribution in [3.05, 3.63) is 77.5 Å². The molecule has 0 aliphatic carbocycles. The molecule has 194 valence electrons. The topological polar surface area (TPSA) is 73.2 Å². The Bertz CT molecular complexity index is 1040. The van der Waals surface area contributed by atoms with Crippen molar-refractivity contribution in [3.63, 3.8) is 0 Å². The van der Waals surface area contributed by atoms with Crippen molar-refractivity contribution in [2.45, 2.75) is 43.3 Å². The number of likely N-dealkylation sites (tertiary alicyclic amines) is 2. The van der Waals surface area contributed by atoms with Crippen LogP contribution in [0.5, 0.6) is 5.75 Å². The van der Waals surface area contributed by atoms with Gasteiger partial charge in [-0.05, 0) is 74.5 Å². The highest BCUT2D eigenvalue weighted by Gasteiger charge is 2.39. The van der Waals surface area contributed by atoms with Gasteiger partial charge in [-0.25, -0.2) is 8.78 Å². The molecule has 0 bridgehead atoms. The van der Waals surface area contributed by atoms with E-state index >= 15 is 0 Å². The van der Waals surface area contributed by atoms with E-state index in [-0.39, 0.29) is 5.56 Å². The van der Waals surface area contributed by atoms with Crippen LogP contribution in [0.3, 0.4) is 0 Å². The summed E-state index contributed by atoms with van der Waals surface area (Å²) >= 11 is 0. The largest absolute Gasteiger partial charge is 0.497 e. The number of ketones is 1. The van der Waals surface area contributed by atoms with Crippen LogP contribution in [-0.2, 0) is 0 Å². The molecular formula is C28H34F2N2O4. The van der Waals surface area contributed by atoms with Crippen LogP contribution in [0.1, 0.15) is 47.5 Å². The number of halogens is 2. The minimum Gasteiger partial charge on any atom is -0.497 e. The summed E-state index contributed by atoms with van der Waals surface area (Å²) in [5, 5.41) is 22.0. The predicted octanol–water partition coefficient (Wildman–Crippen LogP) is 3.74. The minimum absolute atomic E-state index is 0.0524. The highest BCUT2D eigenvalue weighted by Crippen LogP contribution is 2.31. The molecule has 0 spiro atoms. The lowest BCUT2D eigenvalue weighted by Crippen LogP contribution is -2.54. The number of benzene rings is 2. The van der Waals surface area contributed by atoms with Gasteiger partial charge >= 0.3 is 0 Å². The summed E-state index contributed by atoms with van der Waals surface area (Å²) in [5.41, 5.74) is 0.0619. The standard InChI is InChI=1S/C28H34F2N2O4/c1-36-25-4-2-20(3-5-25)21-6-11-32(12-7-21)19-27(34)28(35)9-14-31(15-10-28)13-8-26(33)22-16-23(29)18-24(30)17-22/h2-5,8,13,16-18,21,27,34-35H,6-7,9-12,14-15,19H2,1H3. The summed E-state index contributed by atoms with van der Waals surface area (Å²) in [5.74, 6) is -0.758. The van der Waals surface area contributed by atoms with Gasteiger partial charge in [-0.3, -0.25) is 4.79 Å². The molecule has 8 heteroatoms. The Hall–Kier alpha value is -2.81. The number of aliphatic hydroxyl groups excluding tert-OH is 1. The summed E-state index contributed by atoms with van der Waals surface area (Å²) in [4.78, 5) is 16.3. The molecule has 2 aliphatic rings. The average molecular weight is 501 g/mol. The Balaban J connectivity index is 1.23. The number of carbonyl (C=O) groups excluding carboxylic acids is 1. The van der Waals surface area contributed by atoms with E-state index in [2.05, 4.69) is 17.0 Å². The van der Waals surface area contributed by atoms with Crippen molar-refractivity contribution < 1.29 is 28.5 Å². The lowest BCUT2D eigenvalue weighted by Gasteiger charge is -2.43. The third-order valence-electron chi connectivity index (χ3n) is 7.47. The molecule has 2 fully saturated rings. The molecule has 1 unspecified atom stereocenters. The number of ether oxygens (including phenoxy) is 1. The van der Waals surface area contributed by atoms with Gasteiger partial charge in [0, 0.05) is 43.5 Å². The second-order valence-electron chi connectivity index (χ2n) is 9.84. The molecule has 6 nitrogen and oxygen atoms in total. The van der Waals surface area contributed by atoms with E-state index in [9.17, 15) is 23.8 Å². The van der Waals surface area contributed by atoms with Crippen LogP contribution in [0.15, 0.2) is 54.7 Å². The molecular weight excluding hydrogens is 466 g/mol. The first-order chi connectivity index (χ1) is 17.3. The smallest absolute Gasteiger partial charge is 0.187 e.